The summed E-state index contributed by atoms with van der Waals surface area (Å²) in [6.07, 6.45) is 0.967. The van der Waals surface area contributed by atoms with E-state index in [2.05, 4.69) is 71.3 Å². The first-order valence-electron chi connectivity index (χ1n) is 6.67. The molecule has 1 aliphatic heterocycles. The van der Waals surface area contributed by atoms with E-state index in [1.54, 1.807) is 0 Å². The number of fused-ring (bicyclic) bond motifs is 1. The van der Waals surface area contributed by atoms with Crippen LogP contribution >= 0.6 is 47.8 Å². The van der Waals surface area contributed by atoms with Crippen molar-refractivity contribution in [3.63, 3.8) is 0 Å². The van der Waals surface area contributed by atoms with Crippen LogP contribution in [0.4, 0.5) is 0 Å². The van der Waals surface area contributed by atoms with Gasteiger partial charge >= 0.3 is 0 Å². The van der Waals surface area contributed by atoms with Gasteiger partial charge in [0.25, 0.3) is 0 Å². The molecule has 3 rings (SSSR count). The zero-order valence-electron chi connectivity index (χ0n) is 11.4. The van der Waals surface area contributed by atoms with Crippen LogP contribution in [0.2, 0.25) is 0 Å². The third-order valence-electron chi connectivity index (χ3n) is 3.73. The second kappa shape index (κ2) is 6.41. The van der Waals surface area contributed by atoms with Crippen molar-refractivity contribution >= 4 is 47.8 Å². The Labute approximate surface area is 149 Å². The maximum Gasteiger partial charge on any atom is 0.126 e. The molecule has 0 aliphatic carbocycles. The summed E-state index contributed by atoms with van der Waals surface area (Å²) in [5.41, 5.74) is 2.39. The van der Waals surface area contributed by atoms with E-state index in [1.165, 1.54) is 11.1 Å². The fourth-order valence-corrected chi connectivity index (χ4v) is 3.65. The van der Waals surface area contributed by atoms with Crippen LogP contribution in [0.1, 0.15) is 29.7 Å². The van der Waals surface area contributed by atoms with E-state index in [1.807, 2.05) is 25.2 Å². The average molecular weight is 476 g/mol. The van der Waals surface area contributed by atoms with E-state index in [4.69, 9.17) is 4.74 Å². The van der Waals surface area contributed by atoms with Crippen LogP contribution in [0.3, 0.4) is 0 Å². The minimum Gasteiger partial charge on any atom is -0.485 e. The van der Waals surface area contributed by atoms with Gasteiger partial charge in [0.15, 0.2) is 0 Å². The Balaban J connectivity index is 1.96. The van der Waals surface area contributed by atoms with Crippen LogP contribution in [0.5, 0.6) is 5.75 Å². The Hall–Kier alpha value is -0.360. The predicted molar refractivity (Wildman–Crippen MR) is 95.8 cm³/mol. The van der Waals surface area contributed by atoms with Crippen LogP contribution in [-0.4, -0.2) is 7.05 Å². The smallest absolute Gasteiger partial charge is 0.126 e. The number of hydrogen-bond acceptors (Lipinski definition) is 2. The van der Waals surface area contributed by atoms with E-state index >= 15 is 0 Å². The third-order valence-corrected chi connectivity index (χ3v) is 6.10. The van der Waals surface area contributed by atoms with Crippen molar-refractivity contribution in [2.45, 2.75) is 18.6 Å². The van der Waals surface area contributed by atoms with Gasteiger partial charge in [0.1, 0.15) is 11.9 Å². The fourth-order valence-electron chi connectivity index (χ4n) is 2.63. The summed E-state index contributed by atoms with van der Waals surface area (Å²) in [7, 11) is 2.00. The largest absolute Gasteiger partial charge is 0.485 e. The van der Waals surface area contributed by atoms with Gasteiger partial charge in [0, 0.05) is 31.4 Å². The summed E-state index contributed by atoms with van der Waals surface area (Å²) in [5.74, 6) is 0.952. The number of hydrogen-bond donors (Lipinski definition) is 1. The first kappa shape index (κ1) is 15.5. The molecule has 1 aliphatic rings. The lowest BCUT2D eigenvalue weighted by molar-refractivity contribution is 0.154. The molecule has 0 saturated heterocycles. The SMILES string of the molecule is CNC1CC(c2ccc(Br)c(Br)c2)Oc2ccc(Br)cc21. The highest BCUT2D eigenvalue weighted by atomic mass is 79.9. The number of nitrogens with one attached hydrogen (secondary N) is 1. The predicted octanol–water partition coefficient (Wildman–Crippen LogP) is 5.76. The highest BCUT2D eigenvalue weighted by Gasteiger charge is 2.28. The van der Waals surface area contributed by atoms with E-state index in [0.717, 1.165) is 25.6 Å². The summed E-state index contributed by atoms with van der Waals surface area (Å²) in [4.78, 5) is 0. The van der Waals surface area contributed by atoms with Crippen LogP contribution < -0.4 is 10.1 Å². The Bertz CT molecular complexity index is 675. The lowest BCUT2D eigenvalue weighted by Crippen LogP contribution is -2.26. The number of benzene rings is 2. The van der Waals surface area contributed by atoms with E-state index in [0.29, 0.717) is 6.04 Å². The summed E-state index contributed by atoms with van der Waals surface area (Å²) in [6, 6.07) is 12.7. The van der Waals surface area contributed by atoms with Gasteiger partial charge < -0.3 is 10.1 Å². The second-order valence-corrected chi connectivity index (χ2v) is 7.66. The molecule has 2 atom stereocenters. The number of ether oxygens (including phenoxy) is 1. The standard InChI is InChI=1S/C16H14Br3NO/c1-20-14-8-16(9-2-4-12(18)13(19)6-9)21-15-5-3-10(17)7-11(14)15/h2-7,14,16,20H,8H2,1H3. The maximum absolute atomic E-state index is 6.20. The molecule has 2 unspecified atom stereocenters. The molecule has 0 spiro atoms. The van der Waals surface area contributed by atoms with E-state index in [-0.39, 0.29) is 6.10 Å². The van der Waals surface area contributed by atoms with Crippen molar-refractivity contribution in [3.8, 4) is 5.75 Å². The summed E-state index contributed by atoms with van der Waals surface area (Å²) in [5, 5.41) is 3.39. The number of rotatable bonds is 2. The molecule has 0 radical (unpaired) electrons. The van der Waals surface area contributed by atoms with Gasteiger partial charge in [-0.3, -0.25) is 0 Å². The van der Waals surface area contributed by atoms with Gasteiger partial charge in [-0.2, -0.15) is 0 Å². The van der Waals surface area contributed by atoms with Crippen LogP contribution in [0, 0.1) is 0 Å². The van der Waals surface area contributed by atoms with Crippen LogP contribution in [0.25, 0.3) is 0 Å². The highest BCUT2D eigenvalue weighted by Crippen LogP contribution is 2.42. The van der Waals surface area contributed by atoms with Crippen molar-refractivity contribution in [1.82, 2.24) is 5.32 Å². The van der Waals surface area contributed by atoms with E-state index < -0.39 is 0 Å². The molecule has 0 bridgehead atoms. The molecule has 2 aromatic rings. The van der Waals surface area contributed by atoms with Gasteiger partial charge in [0.2, 0.25) is 0 Å². The van der Waals surface area contributed by atoms with Gasteiger partial charge in [-0.05, 0) is 74.8 Å². The minimum atomic E-state index is 0.0560. The van der Waals surface area contributed by atoms with E-state index in [9.17, 15) is 0 Å². The average Bonchev–Trinajstić information content (AvgIpc) is 2.49. The fraction of sp³-hybridized carbons (Fsp3) is 0.250. The van der Waals surface area contributed by atoms with Crippen LogP contribution in [0.15, 0.2) is 49.8 Å². The van der Waals surface area contributed by atoms with Gasteiger partial charge in [-0.1, -0.05) is 22.0 Å². The molecule has 2 nitrogen and oxygen atoms in total. The van der Waals surface area contributed by atoms with Crippen molar-refractivity contribution in [1.29, 1.82) is 0 Å². The third kappa shape index (κ3) is 3.21. The van der Waals surface area contributed by atoms with Crippen molar-refractivity contribution < 1.29 is 4.74 Å². The number of halogens is 3. The lowest BCUT2D eigenvalue weighted by Gasteiger charge is -2.32. The Morgan fingerprint density at radius 1 is 1.05 bits per heavy atom. The molecule has 21 heavy (non-hydrogen) atoms. The molecule has 110 valence electrons. The van der Waals surface area contributed by atoms with Crippen LogP contribution in [-0.2, 0) is 0 Å². The molecule has 0 amide bonds. The molecular weight excluding hydrogens is 462 g/mol. The Morgan fingerprint density at radius 2 is 1.86 bits per heavy atom. The van der Waals surface area contributed by atoms with Gasteiger partial charge in [-0.25, -0.2) is 0 Å². The zero-order chi connectivity index (χ0) is 15.0. The molecular formula is C16H14Br3NO. The minimum absolute atomic E-state index is 0.0560. The maximum atomic E-state index is 6.20. The summed E-state index contributed by atoms with van der Waals surface area (Å²) >= 11 is 10.6. The Kier molecular flexibility index (Phi) is 4.74. The topological polar surface area (TPSA) is 21.3 Å². The molecule has 1 N–H and O–H groups in total. The Morgan fingerprint density at radius 3 is 2.57 bits per heavy atom. The van der Waals surface area contributed by atoms with Crippen molar-refractivity contribution in [2.24, 2.45) is 0 Å². The molecule has 5 heteroatoms. The van der Waals surface area contributed by atoms with Gasteiger partial charge in [-0.15, -0.1) is 0 Å². The normalized spacial score (nSPS) is 20.8. The van der Waals surface area contributed by atoms with Gasteiger partial charge in [0.05, 0.1) is 0 Å². The first-order chi connectivity index (χ1) is 10.1. The van der Waals surface area contributed by atoms with Crippen molar-refractivity contribution in [2.75, 3.05) is 7.05 Å². The lowest BCUT2D eigenvalue weighted by atomic mass is 9.93. The quantitative estimate of drug-likeness (QED) is 0.596. The summed E-state index contributed by atoms with van der Waals surface area (Å²) < 4.78 is 9.38. The molecule has 0 saturated carbocycles. The molecule has 0 fully saturated rings. The zero-order valence-corrected chi connectivity index (χ0v) is 16.1. The molecule has 0 aromatic heterocycles. The molecule has 2 aromatic carbocycles. The van der Waals surface area contributed by atoms with Crippen molar-refractivity contribution in [3.05, 3.63) is 60.9 Å². The summed E-state index contributed by atoms with van der Waals surface area (Å²) in [6.45, 7) is 0. The monoisotopic (exact) mass is 473 g/mol. The molecule has 1 heterocycles. The first-order valence-corrected chi connectivity index (χ1v) is 9.04. The highest BCUT2D eigenvalue weighted by molar-refractivity contribution is 9.13. The second-order valence-electron chi connectivity index (χ2n) is 5.04.